The summed E-state index contributed by atoms with van der Waals surface area (Å²) in [5.74, 6) is -12.4. The quantitative estimate of drug-likeness (QED) is 0.313. The number of rotatable bonds is 0. The summed E-state index contributed by atoms with van der Waals surface area (Å²) in [5.41, 5.74) is 0. The largest absolute Gasteiger partial charge is 4.00 e. The average molecular weight is 314 g/mol. The molecule has 0 bridgehead atoms. The molecule has 0 aromatic heterocycles. The van der Waals surface area contributed by atoms with E-state index in [0.29, 0.717) is 0 Å². The van der Waals surface area contributed by atoms with Crippen LogP contribution in [0.15, 0.2) is 0 Å². The summed E-state index contributed by atoms with van der Waals surface area (Å²) >= 11 is 0. The topological polar surface area (TPSA) is 235 Å². The normalized spacial score (nSPS) is 6.95. The molecule has 0 saturated heterocycles. The second-order valence-corrected chi connectivity index (χ2v) is 1.76. The van der Waals surface area contributed by atoms with Crippen LogP contribution in [0.4, 0.5) is 0 Å². The Morgan fingerprint density at radius 3 is 0.632 bits per heavy atom. The first-order valence-corrected chi connectivity index (χ1v) is 3.24. The number of carboxylic acids is 6. The van der Waals surface area contributed by atoms with Crippen LogP contribution >= 0.6 is 0 Å². The van der Waals surface area contributed by atoms with E-state index in [1.807, 2.05) is 0 Å². The van der Waals surface area contributed by atoms with Gasteiger partial charge in [0.25, 0.3) is 0 Å². The Bertz CT molecular complexity index is 277. The van der Waals surface area contributed by atoms with Crippen molar-refractivity contribution >= 4 is 35.8 Å². The molecular formula is C6H2O12Ti. The van der Waals surface area contributed by atoms with Crippen molar-refractivity contribution in [2.24, 2.45) is 0 Å². The van der Waals surface area contributed by atoms with Crippen molar-refractivity contribution in [1.82, 2.24) is 0 Å². The Hall–Kier alpha value is -2.47. The molecule has 0 saturated carbocycles. The van der Waals surface area contributed by atoms with Gasteiger partial charge in [-0.3, -0.25) is 0 Å². The third-order valence-electron chi connectivity index (χ3n) is 0.516. The third-order valence-corrected chi connectivity index (χ3v) is 0.516. The van der Waals surface area contributed by atoms with Crippen LogP contribution in [0, 0.1) is 0 Å². The zero-order valence-corrected chi connectivity index (χ0v) is 10.0. The summed E-state index contributed by atoms with van der Waals surface area (Å²) in [6, 6.07) is 0. The van der Waals surface area contributed by atoms with Gasteiger partial charge in [0, 0.05) is 0 Å². The maximum absolute atomic E-state index is 9.10. The van der Waals surface area contributed by atoms with Crippen LogP contribution in [0.25, 0.3) is 0 Å². The van der Waals surface area contributed by atoms with Crippen LogP contribution in [-0.2, 0) is 50.5 Å². The fourth-order valence-electron chi connectivity index (χ4n) is 0. The molecule has 0 spiro atoms. The number of carboxylic acid groups (broad SMARTS) is 6. The van der Waals surface area contributed by atoms with Crippen molar-refractivity contribution in [2.75, 3.05) is 0 Å². The van der Waals surface area contributed by atoms with E-state index in [2.05, 4.69) is 0 Å². The molecule has 0 heterocycles. The number of hydrogen-bond acceptors (Lipinski definition) is 10. The van der Waals surface area contributed by atoms with Gasteiger partial charge in [0.15, 0.2) is 0 Å². The average Bonchev–Trinajstić information content (AvgIpc) is 2.18. The van der Waals surface area contributed by atoms with Gasteiger partial charge >= 0.3 is 33.7 Å². The molecule has 12 nitrogen and oxygen atoms in total. The van der Waals surface area contributed by atoms with Crippen LogP contribution in [0.1, 0.15) is 0 Å². The van der Waals surface area contributed by atoms with Gasteiger partial charge in [-0.05, 0) is 0 Å². The van der Waals surface area contributed by atoms with Gasteiger partial charge in [-0.15, -0.1) is 0 Å². The summed E-state index contributed by atoms with van der Waals surface area (Å²) < 4.78 is 0. The molecule has 0 fully saturated rings. The van der Waals surface area contributed by atoms with Crippen LogP contribution in [0.5, 0.6) is 0 Å². The summed E-state index contributed by atoms with van der Waals surface area (Å²) in [5, 5.41) is 50.5. The smallest absolute Gasteiger partial charge is 0.543 e. The number of carbonyl (C=O) groups is 6. The molecule has 0 aliphatic rings. The van der Waals surface area contributed by atoms with Gasteiger partial charge in [-0.2, -0.15) is 0 Å². The zero-order valence-electron chi connectivity index (χ0n) is 8.48. The van der Waals surface area contributed by atoms with Crippen molar-refractivity contribution in [1.29, 1.82) is 0 Å². The Balaban J connectivity index is -0.0000000865. The van der Waals surface area contributed by atoms with E-state index in [1.165, 1.54) is 0 Å². The Morgan fingerprint density at radius 1 is 0.526 bits per heavy atom. The van der Waals surface area contributed by atoms with Crippen molar-refractivity contribution in [3.63, 3.8) is 0 Å². The van der Waals surface area contributed by atoms with Gasteiger partial charge in [-0.25, -0.2) is 9.59 Å². The summed E-state index contributed by atoms with van der Waals surface area (Å²) in [7, 11) is 0. The number of aliphatic carboxylic acids is 6. The molecule has 0 rings (SSSR count). The van der Waals surface area contributed by atoms with Gasteiger partial charge < -0.3 is 49.8 Å². The van der Waals surface area contributed by atoms with Gasteiger partial charge in [0.2, 0.25) is 0 Å². The SMILES string of the molecule is O=C(O)C(=O)O.O=C([O-])C(=O)[O-].O=C([O-])C(=O)[O-].[Ti+4]. The van der Waals surface area contributed by atoms with E-state index in [0.717, 1.165) is 0 Å². The van der Waals surface area contributed by atoms with Crippen molar-refractivity contribution in [2.45, 2.75) is 0 Å². The third kappa shape index (κ3) is 31.3. The van der Waals surface area contributed by atoms with E-state index in [4.69, 9.17) is 59.4 Å². The minimum Gasteiger partial charge on any atom is -0.543 e. The molecule has 0 aromatic carbocycles. The maximum atomic E-state index is 9.10. The Morgan fingerprint density at radius 2 is 0.632 bits per heavy atom. The van der Waals surface area contributed by atoms with Gasteiger partial charge in [0.05, 0.1) is 23.9 Å². The molecule has 2 N–H and O–H groups in total. The van der Waals surface area contributed by atoms with Crippen molar-refractivity contribution in [3.05, 3.63) is 0 Å². The van der Waals surface area contributed by atoms with Crippen LogP contribution < -0.4 is 20.4 Å². The van der Waals surface area contributed by atoms with Gasteiger partial charge in [0.1, 0.15) is 0 Å². The summed E-state index contributed by atoms with van der Waals surface area (Å²) in [4.78, 5) is 53.9. The minimum atomic E-state index is -2.19. The van der Waals surface area contributed by atoms with E-state index in [-0.39, 0.29) is 21.7 Å². The first-order chi connectivity index (χ1) is 7.93. The zero-order chi connectivity index (χ0) is 15.5. The molecular weight excluding hydrogens is 312 g/mol. The second-order valence-electron chi connectivity index (χ2n) is 1.76. The fourth-order valence-corrected chi connectivity index (χ4v) is 0. The van der Waals surface area contributed by atoms with Crippen LogP contribution in [0.2, 0.25) is 0 Å². The predicted octanol–water partition coefficient (Wildman–Crippen LogP) is -7.87. The fraction of sp³-hybridized carbons (Fsp3) is 0. The molecule has 0 amide bonds. The molecule has 0 atom stereocenters. The molecule has 0 unspecified atom stereocenters. The van der Waals surface area contributed by atoms with Crippen molar-refractivity contribution < 1.29 is 81.1 Å². The van der Waals surface area contributed by atoms with E-state index >= 15 is 0 Å². The first-order valence-electron chi connectivity index (χ1n) is 3.24. The standard InChI is InChI=1S/3C2H2O4.Ti/c3*3-1(4)2(5)6;/h3*(H,3,4)(H,5,6);/q;;;+4/p-4. The number of carbonyl (C=O) groups excluding carboxylic acids is 4. The second kappa shape index (κ2) is 13.6. The maximum Gasteiger partial charge on any atom is 4.00 e. The first kappa shape index (κ1) is 25.4. The Labute approximate surface area is 117 Å². The Kier molecular flexibility index (Phi) is 18.2. The van der Waals surface area contributed by atoms with Crippen molar-refractivity contribution in [3.8, 4) is 0 Å². The summed E-state index contributed by atoms with van der Waals surface area (Å²) in [6.07, 6.45) is 0. The molecule has 0 radical (unpaired) electrons. The number of hydrogen-bond donors (Lipinski definition) is 2. The molecule has 13 heteroatoms. The van der Waals surface area contributed by atoms with E-state index in [1.54, 1.807) is 0 Å². The molecule has 102 valence electrons. The molecule has 0 aliphatic heterocycles. The molecule has 19 heavy (non-hydrogen) atoms. The summed E-state index contributed by atoms with van der Waals surface area (Å²) in [6.45, 7) is 0. The van der Waals surface area contributed by atoms with Crippen LogP contribution in [-0.4, -0.2) is 46.0 Å². The van der Waals surface area contributed by atoms with Crippen LogP contribution in [0.3, 0.4) is 0 Å². The molecule has 0 aliphatic carbocycles. The monoisotopic (exact) mass is 314 g/mol. The molecule has 0 aromatic rings. The van der Waals surface area contributed by atoms with Gasteiger partial charge in [-0.1, -0.05) is 0 Å². The van der Waals surface area contributed by atoms with E-state index < -0.39 is 35.8 Å². The van der Waals surface area contributed by atoms with E-state index in [9.17, 15) is 0 Å². The predicted molar refractivity (Wildman–Crippen MR) is 35.3 cm³/mol. The minimum absolute atomic E-state index is 0.